The van der Waals surface area contributed by atoms with Crippen molar-refractivity contribution < 1.29 is 18.4 Å². The lowest BCUT2D eigenvalue weighted by atomic mass is 10.2. The minimum Gasteiger partial charge on any atom is -0.358 e. The van der Waals surface area contributed by atoms with Crippen LogP contribution >= 0.6 is 11.8 Å². The molecule has 0 heterocycles. The van der Waals surface area contributed by atoms with E-state index in [0.29, 0.717) is 22.2 Å². The van der Waals surface area contributed by atoms with Crippen LogP contribution in [0.1, 0.15) is 10.4 Å². The molecule has 1 aromatic carbocycles. The normalized spacial score (nSPS) is 10.2. The molecule has 0 atom stereocenters. The molecule has 4 nitrogen and oxygen atoms in total. The number of nitrogens with one attached hydrogen (secondary N) is 2. The molecule has 0 unspecified atom stereocenters. The Balaban J connectivity index is 2.56. The lowest BCUT2D eigenvalue weighted by Gasteiger charge is -2.05. The highest BCUT2D eigenvalue weighted by Gasteiger charge is 2.09. The summed E-state index contributed by atoms with van der Waals surface area (Å²) in [5, 5.41) is 4.77. The molecule has 0 aliphatic carbocycles. The van der Waals surface area contributed by atoms with Gasteiger partial charge >= 0.3 is 0 Å². The number of likely N-dealkylation sites (N-methyl/N-ethyl adjacent to an activating group) is 1. The van der Waals surface area contributed by atoms with Gasteiger partial charge in [-0.1, -0.05) is 11.8 Å². The predicted molar refractivity (Wildman–Crippen MR) is 64.7 cm³/mol. The molecule has 0 aliphatic rings. The van der Waals surface area contributed by atoms with Gasteiger partial charge in [0.1, 0.15) is 0 Å². The zero-order chi connectivity index (χ0) is 13.5. The number of rotatable bonds is 5. The summed E-state index contributed by atoms with van der Waals surface area (Å²) in [6.45, 7) is -0.122. The smallest absolute Gasteiger partial charge is 0.288 e. The Kier molecular flexibility index (Phi) is 5.57. The quantitative estimate of drug-likeness (QED) is 0.800. The van der Waals surface area contributed by atoms with Gasteiger partial charge in [0, 0.05) is 17.5 Å². The second-order valence-corrected chi connectivity index (χ2v) is 4.32. The third-order valence-corrected chi connectivity index (χ3v) is 2.75. The number of hydrogen-bond acceptors (Lipinski definition) is 3. The molecular formula is C11H12F2N2O2S. The molecule has 18 heavy (non-hydrogen) atoms. The minimum atomic E-state index is -2.49. The van der Waals surface area contributed by atoms with E-state index in [1.165, 1.54) is 31.3 Å². The van der Waals surface area contributed by atoms with Gasteiger partial charge in [0.25, 0.3) is 11.7 Å². The van der Waals surface area contributed by atoms with Crippen molar-refractivity contribution in [2.75, 3.05) is 13.6 Å². The standard InChI is InChI=1S/C11H12F2N2O2S/c1-14-9(16)6-15-10(17)7-2-4-8(5-3-7)18-11(12)13/h2-5,11H,6H2,1H3,(H,14,16)(H,15,17). The van der Waals surface area contributed by atoms with Crippen molar-refractivity contribution >= 4 is 23.6 Å². The number of hydrogen-bond donors (Lipinski definition) is 2. The Hall–Kier alpha value is -1.63. The molecule has 1 rings (SSSR count). The number of thioether (sulfide) groups is 1. The first-order valence-electron chi connectivity index (χ1n) is 5.06. The molecular weight excluding hydrogens is 262 g/mol. The first kappa shape index (κ1) is 14.4. The summed E-state index contributed by atoms with van der Waals surface area (Å²) in [4.78, 5) is 22.8. The van der Waals surface area contributed by atoms with Crippen LogP contribution in [0.5, 0.6) is 0 Å². The predicted octanol–water partition coefficient (Wildman–Crippen LogP) is 1.48. The highest BCUT2D eigenvalue weighted by atomic mass is 32.2. The van der Waals surface area contributed by atoms with Crippen LogP contribution < -0.4 is 10.6 Å². The molecule has 0 bridgehead atoms. The third kappa shape index (κ3) is 4.70. The summed E-state index contributed by atoms with van der Waals surface area (Å²) in [5.41, 5.74) is 0.317. The first-order chi connectivity index (χ1) is 8.52. The van der Waals surface area contributed by atoms with E-state index in [9.17, 15) is 18.4 Å². The van der Waals surface area contributed by atoms with Gasteiger partial charge in [-0.2, -0.15) is 8.78 Å². The fourth-order valence-corrected chi connectivity index (χ4v) is 1.64. The molecule has 2 amide bonds. The van der Waals surface area contributed by atoms with Gasteiger partial charge in [-0.05, 0) is 24.3 Å². The number of benzene rings is 1. The van der Waals surface area contributed by atoms with Gasteiger partial charge < -0.3 is 10.6 Å². The van der Waals surface area contributed by atoms with E-state index in [4.69, 9.17) is 0 Å². The summed E-state index contributed by atoms with van der Waals surface area (Å²) in [5.74, 6) is -3.22. The van der Waals surface area contributed by atoms with Crippen molar-refractivity contribution in [3.8, 4) is 0 Å². The van der Waals surface area contributed by atoms with Gasteiger partial charge in [0.15, 0.2) is 0 Å². The van der Waals surface area contributed by atoms with Crippen molar-refractivity contribution in [3.63, 3.8) is 0 Å². The second kappa shape index (κ2) is 6.95. The van der Waals surface area contributed by atoms with Crippen LogP contribution in [0, 0.1) is 0 Å². The summed E-state index contributed by atoms with van der Waals surface area (Å²) < 4.78 is 24.1. The molecule has 1 aromatic rings. The molecule has 0 aliphatic heterocycles. The van der Waals surface area contributed by atoms with Crippen LogP contribution in [0.3, 0.4) is 0 Å². The molecule has 0 fully saturated rings. The zero-order valence-corrected chi connectivity index (χ0v) is 10.4. The first-order valence-corrected chi connectivity index (χ1v) is 5.94. The van der Waals surface area contributed by atoms with Gasteiger partial charge in [-0.3, -0.25) is 9.59 Å². The van der Waals surface area contributed by atoms with Crippen molar-refractivity contribution in [1.82, 2.24) is 10.6 Å². The van der Waals surface area contributed by atoms with Crippen LogP contribution in [-0.2, 0) is 4.79 Å². The molecule has 7 heteroatoms. The van der Waals surface area contributed by atoms with Crippen LogP contribution in [0.4, 0.5) is 8.78 Å². The Labute approximate surface area is 107 Å². The molecule has 0 aromatic heterocycles. The summed E-state index contributed by atoms with van der Waals surface area (Å²) in [7, 11) is 1.46. The zero-order valence-electron chi connectivity index (χ0n) is 9.57. The molecule has 0 radical (unpaired) electrons. The van der Waals surface area contributed by atoms with E-state index < -0.39 is 11.7 Å². The summed E-state index contributed by atoms with van der Waals surface area (Å²) >= 11 is 0.412. The van der Waals surface area contributed by atoms with Gasteiger partial charge in [0.2, 0.25) is 5.91 Å². The number of alkyl halides is 2. The topological polar surface area (TPSA) is 58.2 Å². The Morgan fingerprint density at radius 1 is 1.28 bits per heavy atom. The van der Waals surface area contributed by atoms with Crippen LogP contribution in [0.25, 0.3) is 0 Å². The Bertz CT molecular complexity index is 424. The average molecular weight is 274 g/mol. The molecule has 0 saturated heterocycles. The van der Waals surface area contributed by atoms with Gasteiger partial charge in [0.05, 0.1) is 6.54 Å². The maximum atomic E-state index is 12.1. The van der Waals surface area contributed by atoms with Crippen molar-refractivity contribution in [2.45, 2.75) is 10.7 Å². The van der Waals surface area contributed by atoms with E-state index in [2.05, 4.69) is 10.6 Å². The van der Waals surface area contributed by atoms with Gasteiger partial charge in [-0.15, -0.1) is 0 Å². The monoisotopic (exact) mass is 274 g/mol. The molecule has 2 N–H and O–H groups in total. The molecule has 0 saturated carbocycles. The van der Waals surface area contributed by atoms with E-state index in [0.717, 1.165) is 0 Å². The minimum absolute atomic E-state index is 0.122. The second-order valence-electron chi connectivity index (χ2n) is 3.26. The van der Waals surface area contributed by atoms with E-state index in [1.807, 2.05) is 0 Å². The highest BCUT2D eigenvalue weighted by Crippen LogP contribution is 2.24. The molecule has 0 spiro atoms. The van der Waals surface area contributed by atoms with E-state index in [1.54, 1.807) is 0 Å². The maximum absolute atomic E-state index is 12.1. The third-order valence-electron chi connectivity index (χ3n) is 2.03. The van der Waals surface area contributed by atoms with Crippen LogP contribution in [-0.4, -0.2) is 31.2 Å². The summed E-state index contributed by atoms with van der Waals surface area (Å²) in [6.07, 6.45) is 0. The Morgan fingerprint density at radius 2 is 1.89 bits per heavy atom. The van der Waals surface area contributed by atoms with Gasteiger partial charge in [-0.25, -0.2) is 0 Å². The lowest BCUT2D eigenvalue weighted by molar-refractivity contribution is -0.119. The summed E-state index contributed by atoms with van der Waals surface area (Å²) in [6, 6.07) is 5.74. The van der Waals surface area contributed by atoms with E-state index >= 15 is 0 Å². The number of amides is 2. The maximum Gasteiger partial charge on any atom is 0.288 e. The van der Waals surface area contributed by atoms with Crippen LogP contribution in [0.15, 0.2) is 29.2 Å². The number of carbonyl (C=O) groups is 2. The van der Waals surface area contributed by atoms with Crippen molar-refractivity contribution in [3.05, 3.63) is 29.8 Å². The fourth-order valence-electron chi connectivity index (χ4n) is 1.14. The molecule has 98 valence electrons. The van der Waals surface area contributed by atoms with Crippen molar-refractivity contribution in [1.29, 1.82) is 0 Å². The SMILES string of the molecule is CNC(=O)CNC(=O)c1ccc(SC(F)F)cc1. The van der Waals surface area contributed by atoms with E-state index in [-0.39, 0.29) is 12.5 Å². The lowest BCUT2D eigenvalue weighted by Crippen LogP contribution is -2.35. The van der Waals surface area contributed by atoms with Crippen molar-refractivity contribution in [2.24, 2.45) is 0 Å². The largest absolute Gasteiger partial charge is 0.358 e. The fraction of sp³-hybridized carbons (Fsp3) is 0.273. The average Bonchev–Trinajstić information content (AvgIpc) is 2.35. The number of carbonyl (C=O) groups excluding carboxylic acids is 2. The number of halogens is 2. The Morgan fingerprint density at radius 3 is 2.39 bits per heavy atom. The highest BCUT2D eigenvalue weighted by molar-refractivity contribution is 7.99. The van der Waals surface area contributed by atoms with Crippen LogP contribution in [0.2, 0.25) is 0 Å².